The smallest absolute Gasteiger partial charge is 0.205 e. The third-order valence-corrected chi connectivity index (χ3v) is 5.01. The van der Waals surface area contributed by atoms with E-state index in [0.29, 0.717) is 21.6 Å². The number of benzene rings is 2. The van der Waals surface area contributed by atoms with E-state index in [9.17, 15) is 4.79 Å². The van der Waals surface area contributed by atoms with Gasteiger partial charge in [0.15, 0.2) is 5.16 Å². The van der Waals surface area contributed by atoms with Crippen LogP contribution in [0.4, 0.5) is 0 Å². The molecule has 2 aromatic carbocycles. The zero-order valence-electron chi connectivity index (χ0n) is 12.9. The van der Waals surface area contributed by atoms with E-state index in [2.05, 4.69) is 70.3 Å². The summed E-state index contributed by atoms with van der Waals surface area (Å²) in [5.74, 6) is 0.801. The van der Waals surface area contributed by atoms with Crippen LogP contribution in [0.2, 0.25) is 0 Å². The minimum atomic E-state index is 0.354. The molecule has 0 amide bonds. The highest BCUT2D eigenvalue weighted by Gasteiger charge is 2.16. The Balaban J connectivity index is 2.24. The molecule has 0 bridgehead atoms. The number of carbonyl (C=O) groups is 1. The van der Waals surface area contributed by atoms with Crippen molar-refractivity contribution in [3.63, 3.8) is 0 Å². The Morgan fingerprint density at radius 1 is 1.17 bits per heavy atom. The maximum atomic E-state index is 10.7. The molecule has 118 valence electrons. The highest BCUT2D eigenvalue weighted by Crippen LogP contribution is 2.33. The van der Waals surface area contributed by atoms with Crippen molar-refractivity contribution in [2.75, 3.05) is 5.75 Å². The molecule has 0 radical (unpaired) electrons. The first kappa shape index (κ1) is 16.2. The summed E-state index contributed by atoms with van der Waals surface area (Å²) in [6.45, 7) is 4.39. The van der Waals surface area contributed by atoms with Gasteiger partial charge in [-0.2, -0.15) is 0 Å². The molecule has 3 aromatic rings. The topological polar surface area (TPSA) is 47.8 Å². The van der Waals surface area contributed by atoms with Crippen LogP contribution in [-0.4, -0.2) is 26.8 Å². The van der Waals surface area contributed by atoms with E-state index in [4.69, 9.17) is 0 Å². The van der Waals surface area contributed by atoms with Crippen molar-refractivity contribution in [2.45, 2.75) is 24.9 Å². The van der Waals surface area contributed by atoms with Crippen molar-refractivity contribution in [1.82, 2.24) is 14.8 Å². The van der Waals surface area contributed by atoms with E-state index in [1.54, 1.807) is 0 Å². The molecule has 0 atom stereocenters. The quantitative estimate of drug-likeness (QED) is 0.472. The van der Waals surface area contributed by atoms with Gasteiger partial charge < -0.3 is 4.79 Å². The van der Waals surface area contributed by atoms with Crippen LogP contribution in [-0.2, 0) is 4.79 Å². The Bertz CT molecular complexity index is 860. The van der Waals surface area contributed by atoms with Gasteiger partial charge in [-0.05, 0) is 38.9 Å². The summed E-state index contributed by atoms with van der Waals surface area (Å²) in [7, 11) is 0. The second-order valence-electron chi connectivity index (χ2n) is 5.44. The first-order chi connectivity index (χ1) is 11.1. The number of halogens is 1. The molecule has 1 heterocycles. The molecule has 0 unspecified atom stereocenters. The Hall–Kier alpha value is -1.66. The molecule has 6 heteroatoms. The van der Waals surface area contributed by atoms with Crippen LogP contribution in [0.5, 0.6) is 0 Å². The molecule has 0 saturated carbocycles. The summed E-state index contributed by atoms with van der Waals surface area (Å²) < 4.78 is 2.58. The minimum absolute atomic E-state index is 0.354. The molecule has 0 aliphatic heterocycles. The van der Waals surface area contributed by atoms with Crippen LogP contribution in [0.25, 0.3) is 16.5 Å². The number of thioether (sulfide) groups is 1. The van der Waals surface area contributed by atoms with Gasteiger partial charge in [-0.3, -0.25) is 4.57 Å². The molecular formula is C17H16BrN3OS. The van der Waals surface area contributed by atoms with Crippen LogP contribution in [0, 0.1) is 0 Å². The Labute approximate surface area is 147 Å². The SMILES string of the molecule is CC(C)c1ccc(-n2c(Br)nnc2SCC=O)c2ccccc12. The monoisotopic (exact) mass is 389 g/mol. The highest BCUT2D eigenvalue weighted by molar-refractivity contribution is 9.10. The van der Waals surface area contributed by atoms with Crippen molar-refractivity contribution in [1.29, 1.82) is 0 Å². The number of aromatic nitrogens is 3. The van der Waals surface area contributed by atoms with Gasteiger partial charge in [-0.1, -0.05) is 55.9 Å². The van der Waals surface area contributed by atoms with E-state index in [0.717, 1.165) is 17.4 Å². The molecule has 0 spiro atoms. The number of hydrogen-bond acceptors (Lipinski definition) is 4. The molecule has 0 aliphatic rings. The molecule has 0 fully saturated rings. The fourth-order valence-corrected chi connectivity index (χ4v) is 3.85. The van der Waals surface area contributed by atoms with Gasteiger partial charge in [0, 0.05) is 5.39 Å². The van der Waals surface area contributed by atoms with Crippen molar-refractivity contribution in [3.05, 3.63) is 46.7 Å². The summed E-state index contributed by atoms with van der Waals surface area (Å²) in [4.78, 5) is 10.7. The van der Waals surface area contributed by atoms with Crippen LogP contribution in [0.15, 0.2) is 46.3 Å². The summed E-state index contributed by atoms with van der Waals surface area (Å²) >= 11 is 4.84. The van der Waals surface area contributed by atoms with E-state index < -0.39 is 0 Å². The number of aldehydes is 1. The predicted molar refractivity (Wildman–Crippen MR) is 97.4 cm³/mol. The van der Waals surface area contributed by atoms with E-state index >= 15 is 0 Å². The van der Waals surface area contributed by atoms with Crippen molar-refractivity contribution in [3.8, 4) is 5.69 Å². The second kappa shape index (κ2) is 6.84. The third-order valence-electron chi connectivity index (χ3n) is 3.67. The average Bonchev–Trinajstić information content (AvgIpc) is 2.92. The van der Waals surface area contributed by atoms with E-state index in [-0.39, 0.29) is 0 Å². The third kappa shape index (κ3) is 3.05. The van der Waals surface area contributed by atoms with Crippen molar-refractivity contribution >= 4 is 44.8 Å². The Kier molecular flexibility index (Phi) is 4.82. The second-order valence-corrected chi connectivity index (χ2v) is 7.14. The molecule has 3 rings (SSSR count). The number of nitrogens with zero attached hydrogens (tertiary/aromatic N) is 3. The lowest BCUT2D eigenvalue weighted by molar-refractivity contribution is -0.105. The van der Waals surface area contributed by atoms with E-state index in [1.165, 1.54) is 22.7 Å². The van der Waals surface area contributed by atoms with Gasteiger partial charge in [0.05, 0.1) is 11.4 Å². The lowest BCUT2D eigenvalue weighted by atomic mass is 9.95. The largest absolute Gasteiger partial charge is 0.302 e. The van der Waals surface area contributed by atoms with Gasteiger partial charge >= 0.3 is 0 Å². The predicted octanol–water partition coefficient (Wildman–Crippen LogP) is 4.60. The Morgan fingerprint density at radius 2 is 1.91 bits per heavy atom. The molecule has 1 aromatic heterocycles. The lowest BCUT2D eigenvalue weighted by Gasteiger charge is -2.15. The molecule has 23 heavy (non-hydrogen) atoms. The summed E-state index contributed by atoms with van der Waals surface area (Å²) in [6, 6.07) is 12.6. The van der Waals surface area contributed by atoms with Gasteiger partial charge in [0.2, 0.25) is 4.73 Å². The molecule has 0 aliphatic carbocycles. The lowest BCUT2D eigenvalue weighted by Crippen LogP contribution is -2.01. The van der Waals surface area contributed by atoms with Gasteiger partial charge in [0.1, 0.15) is 6.29 Å². The maximum absolute atomic E-state index is 10.7. The fourth-order valence-electron chi connectivity index (χ4n) is 2.66. The zero-order valence-corrected chi connectivity index (χ0v) is 15.3. The average molecular weight is 390 g/mol. The van der Waals surface area contributed by atoms with Gasteiger partial charge in [-0.15, -0.1) is 10.2 Å². The van der Waals surface area contributed by atoms with Crippen LogP contribution >= 0.6 is 27.7 Å². The van der Waals surface area contributed by atoms with Crippen LogP contribution in [0.1, 0.15) is 25.3 Å². The highest BCUT2D eigenvalue weighted by atomic mass is 79.9. The van der Waals surface area contributed by atoms with Gasteiger partial charge in [0.25, 0.3) is 0 Å². The fraction of sp³-hybridized carbons (Fsp3) is 0.235. The van der Waals surface area contributed by atoms with Crippen LogP contribution < -0.4 is 0 Å². The van der Waals surface area contributed by atoms with Crippen molar-refractivity contribution in [2.24, 2.45) is 0 Å². The standard InChI is InChI=1S/C17H16BrN3OS/c1-11(2)12-7-8-15(14-6-4-3-5-13(12)14)21-16(18)19-20-17(21)23-10-9-22/h3-9,11H,10H2,1-2H3. The van der Waals surface area contributed by atoms with Gasteiger partial charge in [-0.25, -0.2) is 0 Å². The molecule has 0 saturated heterocycles. The van der Waals surface area contributed by atoms with Crippen molar-refractivity contribution < 1.29 is 4.79 Å². The Morgan fingerprint density at radius 3 is 2.61 bits per heavy atom. The first-order valence-electron chi connectivity index (χ1n) is 7.33. The molecule has 0 N–H and O–H groups in total. The number of hydrogen-bond donors (Lipinski definition) is 0. The molecule has 4 nitrogen and oxygen atoms in total. The van der Waals surface area contributed by atoms with E-state index in [1.807, 2.05) is 10.6 Å². The zero-order chi connectivity index (χ0) is 16.4. The summed E-state index contributed by atoms with van der Waals surface area (Å²) in [5, 5.41) is 11.3. The summed E-state index contributed by atoms with van der Waals surface area (Å²) in [6.07, 6.45) is 0.873. The first-order valence-corrected chi connectivity index (χ1v) is 9.10. The van der Waals surface area contributed by atoms with Crippen LogP contribution in [0.3, 0.4) is 0 Å². The number of fused-ring (bicyclic) bond motifs is 1. The minimum Gasteiger partial charge on any atom is -0.302 e. The number of rotatable bonds is 5. The summed E-state index contributed by atoms with van der Waals surface area (Å²) in [5.41, 5.74) is 2.32. The maximum Gasteiger partial charge on any atom is 0.205 e. The number of carbonyl (C=O) groups excluding carboxylic acids is 1. The molecular weight excluding hydrogens is 374 g/mol. The normalized spacial score (nSPS) is 11.3.